The number of hydrogen-bond donors (Lipinski definition) is 1. The Balaban J connectivity index is 2.22. The lowest BCUT2D eigenvalue weighted by molar-refractivity contribution is 0.414. The van der Waals surface area contributed by atoms with Crippen LogP contribution in [0.5, 0.6) is 11.6 Å². The Labute approximate surface area is 118 Å². The molecule has 1 N–H and O–H groups in total. The lowest BCUT2D eigenvalue weighted by Crippen LogP contribution is -2.20. The lowest BCUT2D eigenvalue weighted by Gasteiger charge is -2.17. The van der Waals surface area contributed by atoms with Crippen molar-refractivity contribution in [3.05, 3.63) is 54.0 Å². The van der Waals surface area contributed by atoms with Gasteiger partial charge in [-0.15, -0.1) is 0 Å². The molecular formula is C16H19FN2O. The Morgan fingerprint density at radius 2 is 2.05 bits per heavy atom. The van der Waals surface area contributed by atoms with Crippen molar-refractivity contribution in [2.75, 3.05) is 6.54 Å². The first-order chi connectivity index (χ1) is 9.72. The van der Waals surface area contributed by atoms with E-state index in [1.165, 1.54) is 6.07 Å². The SMILES string of the molecule is CCCNC(C)c1cccnc1Oc1ccccc1F. The Bertz CT molecular complexity index is 560. The number of para-hydroxylation sites is 1. The van der Waals surface area contributed by atoms with Gasteiger partial charge in [-0.05, 0) is 38.1 Å². The van der Waals surface area contributed by atoms with Gasteiger partial charge in [0.2, 0.25) is 5.88 Å². The third kappa shape index (κ3) is 3.54. The molecule has 1 aromatic carbocycles. The smallest absolute Gasteiger partial charge is 0.224 e. The molecule has 20 heavy (non-hydrogen) atoms. The lowest BCUT2D eigenvalue weighted by atomic mass is 10.1. The molecule has 3 nitrogen and oxygen atoms in total. The number of ether oxygens (including phenoxy) is 1. The van der Waals surface area contributed by atoms with Crippen LogP contribution in [0.15, 0.2) is 42.6 Å². The zero-order chi connectivity index (χ0) is 14.4. The van der Waals surface area contributed by atoms with Gasteiger partial charge in [0.15, 0.2) is 11.6 Å². The molecule has 0 aliphatic heterocycles. The van der Waals surface area contributed by atoms with Crippen molar-refractivity contribution in [2.45, 2.75) is 26.3 Å². The summed E-state index contributed by atoms with van der Waals surface area (Å²) in [5, 5.41) is 3.38. The van der Waals surface area contributed by atoms with Gasteiger partial charge >= 0.3 is 0 Å². The first-order valence-corrected chi connectivity index (χ1v) is 6.83. The maximum atomic E-state index is 13.6. The fraction of sp³-hybridized carbons (Fsp3) is 0.312. The average molecular weight is 274 g/mol. The largest absolute Gasteiger partial charge is 0.436 e. The summed E-state index contributed by atoms with van der Waals surface area (Å²) in [5.74, 6) is 0.238. The van der Waals surface area contributed by atoms with Gasteiger partial charge in [0, 0.05) is 17.8 Å². The Morgan fingerprint density at radius 1 is 1.25 bits per heavy atom. The summed E-state index contributed by atoms with van der Waals surface area (Å²) >= 11 is 0. The van der Waals surface area contributed by atoms with Gasteiger partial charge in [-0.25, -0.2) is 9.37 Å². The molecule has 1 atom stereocenters. The maximum absolute atomic E-state index is 13.6. The fourth-order valence-corrected chi connectivity index (χ4v) is 1.92. The van der Waals surface area contributed by atoms with Crippen molar-refractivity contribution in [2.24, 2.45) is 0 Å². The zero-order valence-corrected chi connectivity index (χ0v) is 11.8. The maximum Gasteiger partial charge on any atom is 0.224 e. The van der Waals surface area contributed by atoms with Crippen LogP contribution in [-0.4, -0.2) is 11.5 Å². The van der Waals surface area contributed by atoms with E-state index in [4.69, 9.17) is 4.74 Å². The molecule has 0 saturated carbocycles. The van der Waals surface area contributed by atoms with Crippen LogP contribution in [0.3, 0.4) is 0 Å². The van der Waals surface area contributed by atoms with Crippen LogP contribution in [0.25, 0.3) is 0 Å². The third-order valence-electron chi connectivity index (χ3n) is 3.01. The Kier molecular flexibility index (Phi) is 5.07. The Hall–Kier alpha value is -1.94. The van der Waals surface area contributed by atoms with Gasteiger partial charge in [-0.3, -0.25) is 0 Å². The fourth-order valence-electron chi connectivity index (χ4n) is 1.92. The highest BCUT2D eigenvalue weighted by molar-refractivity contribution is 5.34. The second kappa shape index (κ2) is 7.01. The van der Waals surface area contributed by atoms with E-state index in [1.54, 1.807) is 24.4 Å². The summed E-state index contributed by atoms with van der Waals surface area (Å²) in [6, 6.07) is 10.2. The highest BCUT2D eigenvalue weighted by Gasteiger charge is 2.14. The summed E-state index contributed by atoms with van der Waals surface area (Å²) in [4.78, 5) is 4.22. The molecule has 0 amide bonds. The molecule has 1 unspecified atom stereocenters. The highest BCUT2D eigenvalue weighted by Crippen LogP contribution is 2.28. The molecule has 0 fully saturated rings. The molecule has 0 saturated heterocycles. The van der Waals surface area contributed by atoms with Crippen molar-refractivity contribution in [1.82, 2.24) is 10.3 Å². The van der Waals surface area contributed by atoms with Gasteiger partial charge in [0.05, 0.1) is 0 Å². The summed E-state index contributed by atoms with van der Waals surface area (Å²) in [7, 11) is 0. The van der Waals surface area contributed by atoms with Crippen molar-refractivity contribution >= 4 is 0 Å². The van der Waals surface area contributed by atoms with Crippen molar-refractivity contribution in [1.29, 1.82) is 0 Å². The number of halogens is 1. The van der Waals surface area contributed by atoms with Crippen molar-refractivity contribution in [3.63, 3.8) is 0 Å². The van der Waals surface area contributed by atoms with E-state index >= 15 is 0 Å². The van der Waals surface area contributed by atoms with Crippen LogP contribution < -0.4 is 10.1 Å². The van der Waals surface area contributed by atoms with Crippen LogP contribution >= 0.6 is 0 Å². The van der Waals surface area contributed by atoms with E-state index in [0.29, 0.717) is 5.88 Å². The monoisotopic (exact) mass is 274 g/mol. The van der Waals surface area contributed by atoms with Crippen molar-refractivity contribution < 1.29 is 9.13 Å². The van der Waals surface area contributed by atoms with Gasteiger partial charge in [-0.1, -0.05) is 25.1 Å². The average Bonchev–Trinajstić information content (AvgIpc) is 2.48. The van der Waals surface area contributed by atoms with Gasteiger partial charge in [-0.2, -0.15) is 0 Å². The van der Waals surface area contributed by atoms with Crippen LogP contribution in [0, 0.1) is 5.82 Å². The molecule has 0 bridgehead atoms. The molecule has 1 heterocycles. The van der Waals surface area contributed by atoms with E-state index in [1.807, 2.05) is 19.1 Å². The topological polar surface area (TPSA) is 34.2 Å². The number of benzene rings is 1. The number of rotatable bonds is 6. The minimum atomic E-state index is -0.390. The Morgan fingerprint density at radius 3 is 2.80 bits per heavy atom. The highest BCUT2D eigenvalue weighted by atomic mass is 19.1. The summed E-state index contributed by atoms with van der Waals surface area (Å²) in [6.07, 6.45) is 2.69. The van der Waals surface area contributed by atoms with E-state index in [0.717, 1.165) is 18.5 Å². The number of hydrogen-bond acceptors (Lipinski definition) is 3. The van der Waals surface area contributed by atoms with Crippen molar-refractivity contribution in [3.8, 4) is 11.6 Å². The van der Waals surface area contributed by atoms with Crippen LogP contribution in [0.4, 0.5) is 4.39 Å². The quantitative estimate of drug-likeness (QED) is 0.862. The third-order valence-corrected chi connectivity index (χ3v) is 3.01. The van der Waals surface area contributed by atoms with E-state index in [2.05, 4.69) is 17.2 Å². The van der Waals surface area contributed by atoms with Gasteiger partial charge < -0.3 is 10.1 Å². The normalized spacial score (nSPS) is 12.2. The van der Waals surface area contributed by atoms with Crippen LogP contribution in [-0.2, 0) is 0 Å². The van der Waals surface area contributed by atoms with E-state index in [9.17, 15) is 4.39 Å². The predicted octanol–water partition coefficient (Wildman–Crippen LogP) is 4.07. The minimum Gasteiger partial charge on any atom is -0.436 e. The first kappa shape index (κ1) is 14.5. The molecule has 0 aliphatic carbocycles. The molecule has 0 spiro atoms. The molecule has 2 aromatic rings. The molecule has 0 radical (unpaired) electrons. The molecule has 0 aliphatic rings. The minimum absolute atomic E-state index is 0.102. The number of aromatic nitrogens is 1. The van der Waals surface area contributed by atoms with E-state index < -0.39 is 5.82 Å². The first-order valence-electron chi connectivity index (χ1n) is 6.83. The number of pyridine rings is 1. The van der Waals surface area contributed by atoms with Gasteiger partial charge in [0.1, 0.15) is 0 Å². The molecule has 2 rings (SSSR count). The standard InChI is InChI=1S/C16H19FN2O/c1-3-10-18-12(2)13-7-6-11-19-16(13)20-15-9-5-4-8-14(15)17/h4-9,11-12,18H,3,10H2,1-2H3. The molecule has 4 heteroatoms. The predicted molar refractivity (Wildman–Crippen MR) is 77.4 cm³/mol. The second-order valence-corrected chi connectivity index (χ2v) is 4.61. The zero-order valence-electron chi connectivity index (χ0n) is 11.8. The number of nitrogens with one attached hydrogen (secondary N) is 1. The molecule has 106 valence electrons. The van der Waals surface area contributed by atoms with Gasteiger partial charge in [0.25, 0.3) is 0 Å². The summed E-state index contributed by atoms with van der Waals surface area (Å²) < 4.78 is 19.3. The van der Waals surface area contributed by atoms with E-state index in [-0.39, 0.29) is 11.8 Å². The number of nitrogens with zero attached hydrogens (tertiary/aromatic N) is 1. The van der Waals surface area contributed by atoms with Crippen LogP contribution in [0.2, 0.25) is 0 Å². The van der Waals surface area contributed by atoms with Crippen LogP contribution in [0.1, 0.15) is 31.9 Å². The second-order valence-electron chi connectivity index (χ2n) is 4.61. The summed E-state index contributed by atoms with van der Waals surface area (Å²) in [6.45, 7) is 5.07. The molecule has 1 aromatic heterocycles. The molecular weight excluding hydrogens is 255 g/mol. The summed E-state index contributed by atoms with van der Waals surface area (Å²) in [5.41, 5.74) is 0.921.